The molecule has 4 nitrogen and oxygen atoms in total. The summed E-state index contributed by atoms with van der Waals surface area (Å²) >= 11 is 0. The van der Waals surface area contributed by atoms with Crippen molar-refractivity contribution in [2.75, 3.05) is 7.11 Å². The van der Waals surface area contributed by atoms with Gasteiger partial charge in [0.2, 0.25) is 0 Å². The lowest BCUT2D eigenvalue weighted by atomic mass is 10.1. The Morgan fingerprint density at radius 1 is 1.25 bits per heavy atom. The van der Waals surface area contributed by atoms with Crippen molar-refractivity contribution in [3.8, 4) is 17.0 Å². The summed E-state index contributed by atoms with van der Waals surface area (Å²) in [5.41, 5.74) is 2.23. The molecular weight excluding hydrogens is 252 g/mol. The molecule has 1 saturated carbocycles. The van der Waals surface area contributed by atoms with Gasteiger partial charge in [0.15, 0.2) is 0 Å². The van der Waals surface area contributed by atoms with Gasteiger partial charge in [-0.25, -0.2) is 0 Å². The Bertz CT molecular complexity index is 619. The lowest BCUT2D eigenvalue weighted by molar-refractivity contribution is 0.0951. The Morgan fingerprint density at radius 3 is 2.65 bits per heavy atom. The minimum Gasteiger partial charge on any atom is -0.497 e. The third-order valence-electron chi connectivity index (χ3n) is 3.33. The normalized spacial score (nSPS) is 13.8. The summed E-state index contributed by atoms with van der Waals surface area (Å²) in [6.07, 6.45) is 3.85. The highest BCUT2D eigenvalue weighted by atomic mass is 16.5. The van der Waals surface area contributed by atoms with Crippen molar-refractivity contribution in [1.29, 1.82) is 0 Å². The first kappa shape index (κ1) is 12.7. The van der Waals surface area contributed by atoms with Crippen molar-refractivity contribution in [2.24, 2.45) is 0 Å². The highest BCUT2D eigenvalue weighted by Crippen LogP contribution is 2.25. The first-order valence-corrected chi connectivity index (χ1v) is 6.68. The Balaban J connectivity index is 1.93. The largest absolute Gasteiger partial charge is 0.497 e. The first-order valence-electron chi connectivity index (χ1n) is 6.68. The molecule has 0 bridgehead atoms. The smallest absolute Gasteiger partial charge is 0.253 e. The van der Waals surface area contributed by atoms with Crippen LogP contribution in [0.1, 0.15) is 23.2 Å². The van der Waals surface area contributed by atoms with E-state index in [1.807, 2.05) is 30.3 Å². The van der Waals surface area contributed by atoms with Crippen molar-refractivity contribution in [1.82, 2.24) is 10.3 Å². The van der Waals surface area contributed by atoms with Crippen molar-refractivity contribution in [2.45, 2.75) is 18.9 Å². The zero-order valence-electron chi connectivity index (χ0n) is 11.3. The van der Waals surface area contributed by atoms with Gasteiger partial charge < -0.3 is 10.1 Å². The fourth-order valence-corrected chi connectivity index (χ4v) is 2.06. The maximum Gasteiger partial charge on any atom is 0.253 e. The van der Waals surface area contributed by atoms with Crippen LogP contribution in [0.2, 0.25) is 0 Å². The molecule has 3 rings (SSSR count). The number of benzene rings is 1. The molecule has 0 atom stereocenters. The van der Waals surface area contributed by atoms with Crippen LogP contribution < -0.4 is 10.1 Å². The van der Waals surface area contributed by atoms with Gasteiger partial charge in [-0.1, -0.05) is 0 Å². The summed E-state index contributed by atoms with van der Waals surface area (Å²) in [5, 5.41) is 3.00. The molecule has 0 spiro atoms. The van der Waals surface area contributed by atoms with Gasteiger partial charge >= 0.3 is 0 Å². The highest BCUT2D eigenvalue weighted by molar-refractivity contribution is 6.00. The molecule has 1 fully saturated rings. The minimum atomic E-state index is -0.0496. The minimum absolute atomic E-state index is 0.0496. The van der Waals surface area contributed by atoms with E-state index < -0.39 is 0 Å². The second-order valence-electron chi connectivity index (χ2n) is 4.88. The summed E-state index contributed by atoms with van der Waals surface area (Å²) in [4.78, 5) is 16.6. The number of hydrogen-bond acceptors (Lipinski definition) is 3. The molecule has 1 amide bonds. The van der Waals surface area contributed by atoms with Gasteiger partial charge in [0.25, 0.3) is 5.91 Å². The van der Waals surface area contributed by atoms with E-state index >= 15 is 0 Å². The van der Waals surface area contributed by atoms with Crippen LogP contribution in [0.3, 0.4) is 0 Å². The average molecular weight is 268 g/mol. The molecule has 1 N–H and O–H groups in total. The van der Waals surface area contributed by atoms with Crippen LogP contribution in [0.25, 0.3) is 11.3 Å². The number of ether oxygens (including phenoxy) is 1. The number of carbonyl (C=O) groups is 1. The zero-order valence-corrected chi connectivity index (χ0v) is 11.3. The predicted octanol–water partition coefficient (Wildman–Crippen LogP) is 2.65. The van der Waals surface area contributed by atoms with Crippen LogP contribution in [0.15, 0.2) is 42.6 Å². The molecule has 0 unspecified atom stereocenters. The van der Waals surface area contributed by atoms with E-state index in [1.165, 1.54) is 0 Å². The zero-order chi connectivity index (χ0) is 13.9. The fourth-order valence-electron chi connectivity index (χ4n) is 2.06. The molecule has 1 aliphatic rings. The van der Waals surface area contributed by atoms with Crippen LogP contribution in [-0.2, 0) is 0 Å². The van der Waals surface area contributed by atoms with Crippen LogP contribution >= 0.6 is 0 Å². The number of hydrogen-bond donors (Lipinski definition) is 1. The van der Waals surface area contributed by atoms with E-state index in [2.05, 4.69) is 10.3 Å². The van der Waals surface area contributed by atoms with E-state index in [4.69, 9.17) is 4.74 Å². The Kier molecular flexibility index (Phi) is 3.37. The van der Waals surface area contributed by atoms with Gasteiger partial charge in [-0.05, 0) is 49.2 Å². The van der Waals surface area contributed by atoms with Gasteiger partial charge in [0.05, 0.1) is 18.4 Å². The van der Waals surface area contributed by atoms with Crippen molar-refractivity contribution in [3.63, 3.8) is 0 Å². The quantitative estimate of drug-likeness (QED) is 0.927. The number of aromatic nitrogens is 1. The van der Waals surface area contributed by atoms with Crippen LogP contribution in [0, 0.1) is 0 Å². The SMILES string of the molecule is COc1ccc(-c2ncccc2C(=O)NC2CC2)cc1. The summed E-state index contributed by atoms with van der Waals surface area (Å²) in [7, 11) is 1.63. The van der Waals surface area contributed by atoms with Crippen molar-refractivity contribution < 1.29 is 9.53 Å². The van der Waals surface area contributed by atoms with E-state index in [-0.39, 0.29) is 5.91 Å². The standard InChI is InChI=1S/C16H16N2O2/c1-20-13-8-4-11(5-9-13)15-14(3-2-10-17-15)16(19)18-12-6-7-12/h2-5,8-10,12H,6-7H2,1H3,(H,18,19). The number of pyridine rings is 1. The number of nitrogens with zero attached hydrogens (tertiary/aromatic N) is 1. The van der Waals surface area contributed by atoms with E-state index in [9.17, 15) is 4.79 Å². The third-order valence-corrected chi connectivity index (χ3v) is 3.33. The molecule has 0 aliphatic heterocycles. The molecule has 1 aromatic heterocycles. The van der Waals surface area contributed by atoms with Crippen molar-refractivity contribution in [3.05, 3.63) is 48.2 Å². The topological polar surface area (TPSA) is 51.2 Å². The number of nitrogens with one attached hydrogen (secondary N) is 1. The van der Waals surface area contributed by atoms with Gasteiger partial charge in [0.1, 0.15) is 5.75 Å². The number of methoxy groups -OCH3 is 1. The summed E-state index contributed by atoms with van der Waals surface area (Å²) in [5.74, 6) is 0.736. The molecule has 4 heteroatoms. The average Bonchev–Trinajstić information content (AvgIpc) is 3.31. The first-order chi connectivity index (χ1) is 9.78. The lowest BCUT2D eigenvalue weighted by Crippen LogP contribution is -2.26. The Labute approximate surface area is 117 Å². The highest BCUT2D eigenvalue weighted by Gasteiger charge is 2.25. The molecule has 1 aliphatic carbocycles. The number of rotatable bonds is 4. The maximum absolute atomic E-state index is 12.2. The molecular formula is C16H16N2O2. The Morgan fingerprint density at radius 2 is 2.00 bits per heavy atom. The second-order valence-corrected chi connectivity index (χ2v) is 4.88. The maximum atomic E-state index is 12.2. The van der Waals surface area contributed by atoms with Gasteiger partial charge in [0, 0.05) is 17.8 Å². The number of amides is 1. The van der Waals surface area contributed by atoms with E-state index in [0.717, 1.165) is 24.2 Å². The van der Waals surface area contributed by atoms with Gasteiger partial charge in [-0.2, -0.15) is 0 Å². The summed E-state index contributed by atoms with van der Waals surface area (Å²) in [6, 6.07) is 11.5. The van der Waals surface area contributed by atoms with Crippen LogP contribution in [-0.4, -0.2) is 24.0 Å². The molecule has 0 saturated heterocycles. The molecule has 1 aromatic carbocycles. The molecule has 20 heavy (non-hydrogen) atoms. The number of carbonyl (C=O) groups excluding carboxylic acids is 1. The molecule has 1 heterocycles. The lowest BCUT2D eigenvalue weighted by Gasteiger charge is -2.09. The second kappa shape index (κ2) is 5.33. The monoisotopic (exact) mass is 268 g/mol. The third kappa shape index (κ3) is 2.64. The summed E-state index contributed by atoms with van der Waals surface area (Å²) in [6.45, 7) is 0. The summed E-state index contributed by atoms with van der Waals surface area (Å²) < 4.78 is 5.14. The molecule has 2 aromatic rings. The van der Waals surface area contributed by atoms with E-state index in [0.29, 0.717) is 17.3 Å². The van der Waals surface area contributed by atoms with Gasteiger partial charge in [-0.15, -0.1) is 0 Å². The Hall–Kier alpha value is -2.36. The van der Waals surface area contributed by atoms with Crippen molar-refractivity contribution >= 4 is 5.91 Å². The molecule has 102 valence electrons. The van der Waals surface area contributed by atoms with Gasteiger partial charge in [-0.3, -0.25) is 9.78 Å². The molecule has 0 radical (unpaired) electrons. The predicted molar refractivity (Wildman–Crippen MR) is 76.7 cm³/mol. The fraction of sp³-hybridized carbons (Fsp3) is 0.250. The van der Waals surface area contributed by atoms with Crippen LogP contribution in [0.4, 0.5) is 0 Å². The van der Waals surface area contributed by atoms with E-state index in [1.54, 1.807) is 19.4 Å². The van der Waals surface area contributed by atoms with Crippen LogP contribution in [0.5, 0.6) is 5.75 Å².